The smallest absolute Gasteiger partial charge is 0.325 e. The predicted molar refractivity (Wildman–Crippen MR) is 156 cm³/mol. The molecule has 2 heterocycles. The summed E-state index contributed by atoms with van der Waals surface area (Å²) in [5.41, 5.74) is 7.29. The molecule has 0 saturated carbocycles. The Hall–Kier alpha value is -4.16. The van der Waals surface area contributed by atoms with E-state index in [1.807, 2.05) is 26.0 Å². The highest BCUT2D eigenvalue weighted by molar-refractivity contribution is 5.96. The Morgan fingerprint density at radius 3 is 2.18 bits per heavy atom. The molecule has 10 nitrogen and oxygen atoms in total. The van der Waals surface area contributed by atoms with Crippen LogP contribution in [0.15, 0.2) is 47.4 Å². The van der Waals surface area contributed by atoms with E-state index in [1.165, 1.54) is 16.8 Å². The van der Waals surface area contributed by atoms with Gasteiger partial charge in [-0.1, -0.05) is 38.1 Å². The maximum atomic E-state index is 15.2. The number of carbonyl (C=O) groups excluding carboxylic acids is 2. The summed E-state index contributed by atoms with van der Waals surface area (Å²) in [5, 5.41) is 4.37. The number of hydrogen-bond donors (Lipinski definition) is 1. The second-order valence-corrected chi connectivity index (χ2v) is 11.7. The number of halogens is 2. The average Bonchev–Trinajstić information content (AvgIpc) is 3.16. The second kappa shape index (κ2) is 12.8. The Morgan fingerprint density at radius 1 is 1.00 bits per heavy atom. The van der Waals surface area contributed by atoms with E-state index < -0.39 is 60.5 Å². The van der Waals surface area contributed by atoms with Crippen molar-refractivity contribution in [2.24, 2.45) is 11.7 Å². The number of rotatable bonds is 9. The monoisotopic (exact) mass is 610 g/mol. The molecule has 12 heteroatoms. The summed E-state index contributed by atoms with van der Waals surface area (Å²) in [5.74, 6) is -2.95. The number of ether oxygens (including phenoxy) is 3. The fourth-order valence-electron chi connectivity index (χ4n) is 5.92. The zero-order chi connectivity index (χ0) is 31.7. The lowest BCUT2D eigenvalue weighted by Crippen LogP contribution is -2.50. The minimum atomic E-state index is -0.825. The van der Waals surface area contributed by atoms with Crippen LogP contribution < -0.4 is 15.9 Å². The third kappa shape index (κ3) is 5.83. The van der Waals surface area contributed by atoms with Gasteiger partial charge in [-0.3, -0.25) is 19.1 Å². The molecular formula is C32H36F2N4O6. The van der Waals surface area contributed by atoms with E-state index in [9.17, 15) is 14.4 Å². The van der Waals surface area contributed by atoms with Gasteiger partial charge in [-0.05, 0) is 67.0 Å². The van der Waals surface area contributed by atoms with Crippen molar-refractivity contribution in [2.75, 3.05) is 20.1 Å². The number of carbonyl (C=O) groups is 2. The number of fused-ring (bicyclic) bond motifs is 3. The molecule has 0 radical (unpaired) electrons. The standard InChI is InChI=1S/C32H36F2N4O6/c1-17(2)28(35)32(41)44-16-42-15-43-30-26(39)13-36-38-25(14-37(18(3)4)31(40)29(30)38)27-21-7-5-9-23(33)19(21)11-12-20-22(27)8-6-10-24(20)34/h5-10,13,17-18,25,27-28H,11-12,14-16,35H2,1-4H3. The lowest BCUT2D eigenvalue weighted by molar-refractivity contribution is -0.164. The van der Waals surface area contributed by atoms with Gasteiger partial charge < -0.3 is 24.8 Å². The van der Waals surface area contributed by atoms with Crippen molar-refractivity contribution in [1.82, 2.24) is 14.7 Å². The fourth-order valence-corrected chi connectivity index (χ4v) is 5.92. The second-order valence-electron chi connectivity index (χ2n) is 11.7. The molecular weight excluding hydrogens is 574 g/mol. The van der Waals surface area contributed by atoms with E-state index in [0.717, 1.165) is 6.20 Å². The summed E-state index contributed by atoms with van der Waals surface area (Å²) in [6, 6.07) is 7.88. The average molecular weight is 611 g/mol. The van der Waals surface area contributed by atoms with Gasteiger partial charge in [0.25, 0.3) is 5.91 Å². The summed E-state index contributed by atoms with van der Waals surface area (Å²) in [7, 11) is 0. The summed E-state index contributed by atoms with van der Waals surface area (Å²) < 4.78 is 47.9. The highest BCUT2D eigenvalue weighted by Crippen LogP contribution is 2.45. The third-order valence-electron chi connectivity index (χ3n) is 8.30. The molecule has 5 rings (SSSR count). The predicted octanol–water partition coefficient (Wildman–Crippen LogP) is 3.69. The van der Waals surface area contributed by atoms with E-state index in [2.05, 4.69) is 5.10 Å². The first kappa shape index (κ1) is 31.3. The van der Waals surface area contributed by atoms with Gasteiger partial charge in [-0.25, -0.2) is 8.78 Å². The molecule has 2 aliphatic rings. The largest absolute Gasteiger partial charge is 0.461 e. The number of nitrogens with two attached hydrogens (primary N) is 1. The quantitative estimate of drug-likeness (QED) is 0.221. The van der Waals surface area contributed by atoms with Gasteiger partial charge in [0, 0.05) is 18.5 Å². The normalized spacial score (nSPS) is 17.2. The van der Waals surface area contributed by atoms with Crippen molar-refractivity contribution in [3.63, 3.8) is 0 Å². The van der Waals surface area contributed by atoms with Crippen LogP contribution in [0.3, 0.4) is 0 Å². The van der Waals surface area contributed by atoms with Crippen LogP contribution in [0.25, 0.3) is 0 Å². The van der Waals surface area contributed by atoms with Gasteiger partial charge in [0.15, 0.2) is 19.3 Å². The molecule has 0 saturated heterocycles. The Morgan fingerprint density at radius 2 is 1.61 bits per heavy atom. The number of benzene rings is 2. The Balaban J connectivity index is 1.55. The molecule has 1 amide bonds. The zero-order valence-electron chi connectivity index (χ0n) is 25.1. The van der Waals surface area contributed by atoms with E-state index >= 15 is 8.78 Å². The van der Waals surface area contributed by atoms with E-state index in [-0.39, 0.29) is 29.9 Å². The summed E-state index contributed by atoms with van der Waals surface area (Å²) >= 11 is 0. The number of esters is 1. The topological polar surface area (TPSA) is 126 Å². The molecule has 2 aromatic carbocycles. The van der Waals surface area contributed by atoms with Crippen molar-refractivity contribution in [3.05, 3.63) is 92.4 Å². The SMILES string of the molecule is CC(C)C(N)C(=O)OCOCOc1c2n(ncc1=O)C(C1c3cccc(F)c3CCc3c(F)cccc31)CN(C(C)C)C2=O. The lowest BCUT2D eigenvalue weighted by atomic mass is 9.81. The molecule has 0 fully saturated rings. The van der Waals surface area contributed by atoms with Gasteiger partial charge in [0.05, 0.1) is 12.2 Å². The van der Waals surface area contributed by atoms with Crippen LogP contribution in [0.4, 0.5) is 8.78 Å². The van der Waals surface area contributed by atoms with Crippen LogP contribution in [0.2, 0.25) is 0 Å². The molecule has 2 atom stereocenters. The Labute approximate surface area is 253 Å². The van der Waals surface area contributed by atoms with E-state index in [0.29, 0.717) is 35.1 Å². The first-order valence-electron chi connectivity index (χ1n) is 14.6. The molecule has 234 valence electrons. The van der Waals surface area contributed by atoms with Crippen molar-refractivity contribution in [3.8, 4) is 5.75 Å². The molecule has 0 spiro atoms. The number of amides is 1. The van der Waals surface area contributed by atoms with Gasteiger partial charge in [0.2, 0.25) is 11.2 Å². The molecule has 3 aromatic rings. The molecule has 2 N–H and O–H groups in total. The zero-order valence-corrected chi connectivity index (χ0v) is 25.1. The van der Waals surface area contributed by atoms with E-state index in [1.54, 1.807) is 30.9 Å². The number of aromatic nitrogens is 2. The van der Waals surface area contributed by atoms with Crippen LogP contribution >= 0.6 is 0 Å². The van der Waals surface area contributed by atoms with Gasteiger partial charge >= 0.3 is 5.97 Å². The fraction of sp³-hybridized carbons (Fsp3) is 0.438. The van der Waals surface area contributed by atoms with E-state index in [4.69, 9.17) is 19.9 Å². The van der Waals surface area contributed by atoms with Crippen molar-refractivity contribution < 1.29 is 32.6 Å². The van der Waals surface area contributed by atoms with Crippen molar-refractivity contribution >= 4 is 11.9 Å². The molecule has 1 aliphatic carbocycles. The maximum absolute atomic E-state index is 15.2. The minimum Gasteiger partial charge on any atom is -0.461 e. The molecule has 0 bridgehead atoms. The van der Waals surface area contributed by atoms with Gasteiger partial charge in [-0.15, -0.1) is 0 Å². The lowest BCUT2D eigenvalue weighted by Gasteiger charge is -2.41. The van der Waals surface area contributed by atoms with Crippen molar-refractivity contribution in [2.45, 2.75) is 64.6 Å². The summed E-state index contributed by atoms with van der Waals surface area (Å²) in [6.45, 7) is 6.41. The third-order valence-corrected chi connectivity index (χ3v) is 8.30. The Bertz CT molecular complexity index is 1570. The van der Waals surface area contributed by atoms with Crippen LogP contribution in [0.5, 0.6) is 5.75 Å². The van der Waals surface area contributed by atoms with Crippen LogP contribution in [-0.2, 0) is 27.1 Å². The van der Waals surface area contributed by atoms with Gasteiger partial charge in [0.1, 0.15) is 17.7 Å². The number of nitrogens with zero attached hydrogens (tertiary/aromatic N) is 3. The van der Waals surface area contributed by atoms with Crippen LogP contribution in [-0.4, -0.2) is 58.8 Å². The first-order chi connectivity index (χ1) is 21.0. The van der Waals surface area contributed by atoms with Crippen molar-refractivity contribution in [1.29, 1.82) is 0 Å². The van der Waals surface area contributed by atoms with Gasteiger partial charge in [-0.2, -0.15) is 5.10 Å². The minimum absolute atomic E-state index is 0.106. The first-order valence-corrected chi connectivity index (χ1v) is 14.6. The molecule has 2 unspecified atom stereocenters. The highest BCUT2D eigenvalue weighted by Gasteiger charge is 2.43. The molecule has 1 aliphatic heterocycles. The summed E-state index contributed by atoms with van der Waals surface area (Å²) in [6.07, 6.45) is 1.64. The highest BCUT2D eigenvalue weighted by atomic mass is 19.1. The Kier molecular flexibility index (Phi) is 9.12. The van der Waals surface area contributed by atoms with Crippen LogP contribution in [0, 0.1) is 17.6 Å². The number of hydrogen-bond acceptors (Lipinski definition) is 8. The molecule has 44 heavy (non-hydrogen) atoms. The maximum Gasteiger partial charge on any atom is 0.325 e. The van der Waals surface area contributed by atoms with Crippen LogP contribution in [0.1, 0.15) is 72.4 Å². The summed E-state index contributed by atoms with van der Waals surface area (Å²) in [4.78, 5) is 40.5. The molecule has 1 aromatic heterocycles.